The molecule has 0 spiro atoms. The fourth-order valence-corrected chi connectivity index (χ4v) is 1.25. The van der Waals surface area contributed by atoms with Gasteiger partial charge in [-0.15, -0.1) is 6.42 Å². The summed E-state index contributed by atoms with van der Waals surface area (Å²) < 4.78 is 10.7. The highest BCUT2D eigenvalue weighted by molar-refractivity contribution is 5.90. The number of carbonyl (C=O) groups is 1. The lowest BCUT2D eigenvalue weighted by atomic mass is 9.99. The van der Waals surface area contributed by atoms with E-state index in [2.05, 4.69) is 5.92 Å². The molecule has 0 N–H and O–H groups in total. The maximum Gasteiger partial charge on any atom is 0.192 e. The Labute approximate surface area is 92.1 Å². The topological polar surface area (TPSA) is 35.5 Å². The molecule has 0 aliphatic rings. The average molecular weight is 212 g/mol. The van der Waals surface area contributed by atoms with Crippen molar-refractivity contribution in [3.63, 3.8) is 0 Å². The molecular weight excluding hydrogens is 192 g/mol. The van der Waals surface area contributed by atoms with Crippen LogP contribution >= 0.6 is 0 Å². The van der Waals surface area contributed by atoms with Gasteiger partial charge in [0, 0.05) is 0 Å². The molecule has 86 valence electrons. The van der Waals surface area contributed by atoms with E-state index in [-0.39, 0.29) is 18.5 Å². The van der Waals surface area contributed by atoms with Crippen molar-refractivity contribution in [2.45, 2.75) is 52.4 Å². The number of terminal acetylenes is 1. The lowest BCUT2D eigenvalue weighted by Gasteiger charge is -2.26. The summed E-state index contributed by atoms with van der Waals surface area (Å²) in [6, 6.07) is 0. The highest BCUT2D eigenvalue weighted by Gasteiger charge is 2.33. The maximum absolute atomic E-state index is 11.9. The first-order valence-electron chi connectivity index (χ1n) is 5.08. The highest BCUT2D eigenvalue weighted by Crippen LogP contribution is 2.15. The molecule has 3 nitrogen and oxygen atoms in total. The second kappa shape index (κ2) is 5.89. The molecule has 0 aromatic heterocycles. The van der Waals surface area contributed by atoms with Gasteiger partial charge in [-0.25, -0.2) is 0 Å². The Morgan fingerprint density at radius 3 is 2.33 bits per heavy atom. The number of ether oxygens (including phenoxy) is 2. The zero-order valence-corrected chi connectivity index (χ0v) is 10.2. The summed E-state index contributed by atoms with van der Waals surface area (Å²) in [5, 5.41) is 0. The number of hydrogen-bond donors (Lipinski definition) is 0. The standard InChI is InChI=1S/C12H20O3/c1-7-8-14-12(5,6)11(13)10(4)15-9(2)3/h1,9-10H,8H2,2-6H3. The summed E-state index contributed by atoms with van der Waals surface area (Å²) in [4.78, 5) is 11.9. The molecule has 0 bridgehead atoms. The van der Waals surface area contributed by atoms with E-state index >= 15 is 0 Å². The fourth-order valence-electron chi connectivity index (χ4n) is 1.25. The second-order valence-electron chi connectivity index (χ2n) is 4.19. The molecule has 0 heterocycles. The van der Waals surface area contributed by atoms with E-state index in [1.807, 2.05) is 13.8 Å². The maximum atomic E-state index is 11.9. The SMILES string of the molecule is C#CCOC(C)(C)C(=O)C(C)OC(C)C. The van der Waals surface area contributed by atoms with Gasteiger partial charge in [0.2, 0.25) is 0 Å². The van der Waals surface area contributed by atoms with Crippen molar-refractivity contribution in [2.24, 2.45) is 0 Å². The van der Waals surface area contributed by atoms with Crippen molar-refractivity contribution in [2.75, 3.05) is 6.61 Å². The summed E-state index contributed by atoms with van der Waals surface area (Å²) in [6.07, 6.45) is 4.62. The van der Waals surface area contributed by atoms with Gasteiger partial charge in [0.05, 0.1) is 6.10 Å². The molecular formula is C12H20O3. The summed E-state index contributed by atoms with van der Waals surface area (Å²) in [7, 11) is 0. The van der Waals surface area contributed by atoms with Gasteiger partial charge < -0.3 is 9.47 Å². The van der Waals surface area contributed by atoms with Crippen molar-refractivity contribution in [3.8, 4) is 12.3 Å². The van der Waals surface area contributed by atoms with Crippen LogP contribution in [0.25, 0.3) is 0 Å². The lowest BCUT2D eigenvalue weighted by Crippen LogP contribution is -2.43. The quantitative estimate of drug-likeness (QED) is 0.630. The third kappa shape index (κ3) is 4.96. The Hall–Kier alpha value is -0.850. The van der Waals surface area contributed by atoms with Crippen molar-refractivity contribution < 1.29 is 14.3 Å². The summed E-state index contributed by atoms with van der Waals surface area (Å²) in [5.74, 6) is 2.25. The van der Waals surface area contributed by atoms with E-state index < -0.39 is 11.7 Å². The molecule has 0 saturated carbocycles. The number of ketones is 1. The van der Waals surface area contributed by atoms with Crippen LogP contribution in [0.4, 0.5) is 0 Å². The van der Waals surface area contributed by atoms with E-state index in [1.54, 1.807) is 20.8 Å². The van der Waals surface area contributed by atoms with Gasteiger partial charge in [0.1, 0.15) is 18.3 Å². The molecule has 0 saturated heterocycles. The number of hydrogen-bond acceptors (Lipinski definition) is 3. The van der Waals surface area contributed by atoms with E-state index in [9.17, 15) is 4.79 Å². The predicted molar refractivity (Wildman–Crippen MR) is 59.6 cm³/mol. The van der Waals surface area contributed by atoms with Crippen LogP contribution in [0.5, 0.6) is 0 Å². The van der Waals surface area contributed by atoms with Crippen molar-refractivity contribution in [3.05, 3.63) is 0 Å². The van der Waals surface area contributed by atoms with Gasteiger partial charge in [-0.3, -0.25) is 4.79 Å². The molecule has 1 atom stereocenters. The second-order valence-corrected chi connectivity index (χ2v) is 4.19. The number of carbonyl (C=O) groups excluding carboxylic acids is 1. The molecule has 0 aromatic carbocycles. The number of Topliss-reactive ketones (excluding diaryl/α,β-unsaturated/α-hetero) is 1. The lowest BCUT2D eigenvalue weighted by molar-refractivity contribution is -0.152. The monoisotopic (exact) mass is 212 g/mol. The van der Waals surface area contributed by atoms with Crippen LogP contribution in [0, 0.1) is 12.3 Å². The van der Waals surface area contributed by atoms with Gasteiger partial charge in [-0.05, 0) is 34.6 Å². The smallest absolute Gasteiger partial charge is 0.192 e. The Bertz CT molecular complexity index is 248. The molecule has 0 aliphatic carbocycles. The first kappa shape index (κ1) is 14.2. The van der Waals surface area contributed by atoms with Crippen LogP contribution in [0.2, 0.25) is 0 Å². The van der Waals surface area contributed by atoms with Crippen LogP contribution in [-0.2, 0) is 14.3 Å². The molecule has 0 radical (unpaired) electrons. The Morgan fingerprint density at radius 2 is 1.93 bits per heavy atom. The van der Waals surface area contributed by atoms with Crippen LogP contribution in [0.1, 0.15) is 34.6 Å². The van der Waals surface area contributed by atoms with E-state index in [0.29, 0.717) is 0 Å². The summed E-state index contributed by atoms with van der Waals surface area (Å²) >= 11 is 0. The average Bonchev–Trinajstić information content (AvgIpc) is 2.12. The van der Waals surface area contributed by atoms with Gasteiger partial charge in [-0.2, -0.15) is 0 Å². The largest absolute Gasteiger partial charge is 0.368 e. The minimum Gasteiger partial charge on any atom is -0.368 e. The van der Waals surface area contributed by atoms with Crippen molar-refractivity contribution in [1.29, 1.82) is 0 Å². The molecule has 15 heavy (non-hydrogen) atoms. The third-order valence-electron chi connectivity index (χ3n) is 1.96. The molecule has 1 unspecified atom stereocenters. The van der Waals surface area contributed by atoms with Crippen molar-refractivity contribution >= 4 is 5.78 Å². The van der Waals surface area contributed by atoms with Gasteiger partial charge >= 0.3 is 0 Å². The summed E-state index contributed by atoms with van der Waals surface area (Å²) in [5.41, 5.74) is -0.888. The third-order valence-corrected chi connectivity index (χ3v) is 1.96. The molecule has 0 aromatic rings. The highest BCUT2D eigenvalue weighted by atomic mass is 16.5. The van der Waals surface area contributed by atoms with Gasteiger partial charge in [0.25, 0.3) is 0 Å². The first-order valence-corrected chi connectivity index (χ1v) is 5.08. The van der Waals surface area contributed by atoms with E-state index in [0.717, 1.165) is 0 Å². The predicted octanol–water partition coefficient (Wildman–Crippen LogP) is 1.80. The molecule has 3 heteroatoms. The molecule has 0 fully saturated rings. The zero-order chi connectivity index (χ0) is 12.1. The van der Waals surface area contributed by atoms with Gasteiger partial charge in [0.15, 0.2) is 5.78 Å². The number of rotatable bonds is 6. The Morgan fingerprint density at radius 1 is 1.40 bits per heavy atom. The minimum absolute atomic E-state index is 0.0207. The van der Waals surface area contributed by atoms with Gasteiger partial charge in [-0.1, -0.05) is 5.92 Å². The molecule has 0 aliphatic heterocycles. The van der Waals surface area contributed by atoms with E-state index in [4.69, 9.17) is 15.9 Å². The molecule has 0 amide bonds. The normalized spacial score (nSPS) is 13.7. The van der Waals surface area contributed by atoms with E-state index in [1.165, 1.54) is 0 Å². The van der Waals surface area contributed by atoms with Crippen molar-refractivity contribution in [1.82, 2.24) is 0 Å². The summed E-state index contributed by atoms with van der Waals surface area (Å²) in [6.45, 7) is 9.04. The Kier molecular flexibility index (Phi) is 5.56. The van der Waals surface area contributed by atoms with Crippen LogP contribution in [0.15, 0.2) is 0 Å². The zero-order valence-electron chi connectivity index (χ0n) is 10.2. The molecule has 0 rings (SSSR count). The fraction of sp³-hybridized carbons (Fsp3) is 0.750. The minimum atomic E-state index is -0.888. The van der Waals surface area contributed by atoms with Crippen LogP contribution in [-0.4, -0.2) is 30.2 Å². The Balaban J connectivity index is 4.35. The van der Waals surface area contributed by atoms with Crippen LogP contribution < -0.4 is 0 Å². The van der Waals surface area contributed by atoms with Crippen LogP contribution in [0.3, 0.4) is 0 Å². The first-order chi connectivity index (χ1) is 6.81.